The molecule has 1 aromatic heterocycles. The van der Waals surface area contributed by atoms with E-state index in [0.29, 0.717) is 21.3 Å². The van der Waals surface area contributed by atoms with Crippen molar-refractivity contribution in [1.29, 1.82) is 0 Å². The minimum absolute atomic E-state index is 0.00190. The van der Waals surface area contributed by atoms with Crippen LogP contribution in [-0.2, 0) is 9.05 Å². The third kappa shape index (κ3) is 3.81. The Morgan fingerprint density at radius 2 is 1.90 bits per heavy atom. The van der Waals surface area contributed by atoms with Gasteiger partial charge in [-0.1, -0.05) is 0 Å². The second-order valence-electron chi connectivity index (χ2n) is 4.23. The summed E-state index contributed by atoms with van der Waals surface area (Å²) >= 11 is 3.22. The lowest BCUT2D eigenvalue weighted by molar-refractivity contribution is 0.102. The number of hydrogen-bond acceptors (Lipinski definition) is 4. The lowest BCUT2D eigenvalue weighted by atomic mass is 10.2. The quantitative estimate of drug-likeness (QED) is 0.817. The van der Waals surface area contributed by atoms with Crippen molar-refractivity contribution in [3.05, 3.63) is 52.3 Å². The largest absolute Gasteiger partial charge is 0.321 e. The summed E-state index contributed by atoms with van der Waals surface area (Å²) in [6.45, 7) is 1.60. The Balaban J connectivity index is 2.34. The maximum atomic E-state index is 12.1. The molecule has 0 aliphatic heterocycles. The van der Waals surface area contributed by atoms with Crippen LogP contribution in [0.4, 0.5) is 5.69 Å². The Bertz CT molecular complexity index is 795. The number of hydrogen-bond donors (Lipinski definition) is 1. The van der Waals surface area contributed by atoms with Crippen molar-refractivity contribution in [2.24, 2.45) is 0 Å². The molecule has 0 saturated carbocycles. The van der Waals surface area contributed by atoms with Crippen molar-refractivity contribution in [3.63, 3.8) is 0 Å². The molecule has 8 heteroatoms. The number of carbonyl (C=O) groups is 1. The van der Waals surface area contributed by atoms with Crippen LogP contribution < -0.4 is 5.32 Å². The Kier molecular flexibility index (Phi) is 4.65. The van der Waals surface area contributed by atoms with E-state index in [1.807, 2.05) is 0 Å². The predicted octanol–water partition coefficient (Wildman–Crippen LogP) is 3.33. The molecule has 0 aliphatic rings. The van der Waals surface area contributed by atoms with Gasteiger partial charge in [-0.05, 0) is 52.7 Å². The summed E-state index contributed by atoms with van der Waals surface area (Å²) in [7, 11) is 1.51. The maximum absolute atomic E-state index is 12.1. The van der Waals surface area contributed by atoms with Gasteiger partial charge in [0.1, 0.15) is 0 Å². The fraction of sp³-hybridized carbons (Fsp3) is 0.0769. The van der Waals surface area contributed by atoms with Gasteiger partial charge in [-0.25, -0.2) is 8.42 Å². The third-order valence-electron chi connectivity index (χ3n) is 2.72. The number of rotatable bonds is 3. The van der Waals surface area contributed by atoms with Crippen molar-refractivity contribution >= 4 is 47.3 Å². The molecule has 1 heterocycles. The summed E-state index contributed by atoms with van der Waals surface area (Å²) in [5.74, 6) is -0.320. The summed E-state index contributed by atoms with van der Waals surface area (Å²) in [5, 5.41) is 2.69. The molecular weight excluding hydrogens is 380 g/mol. The molecule has 0 radical (unpaired) electrons. The second kappa shape index (κ2) is 6.13. The van der Waals surface area contributed by atoms with Crippen LogP contribution in [0.2, 0.25) is 0 Å². The molecule has 0 atom stereocenters. The standard InChI is InChI=1S/C13H10BrClN2O3S/c1-8-6-11(10(14)7-12(8)21(15,19)20)17-13(18)9-2-4-16-5-3-9/h2-7H,1H3,(H,17,18). The summed E-state index contributed by atoms with van der Waals surface area (Å²) in [5.41, 5.74) is 1.35. The number of halogens is 2. The molecule has 110 valence electrons. The molecule has 0 bridgehead atoms. The number of nitrogens with one attached hydrogen (secondary N) is 1. The molecule has 0 aliphatic carbocycles. The van der Waals surface area contributed by atoms with E-state index in [0.717, 1.165) is 0 Å². The highest BCUT2D eigenvalue weighted by Crippen LogP contribution is 2.30. The predicted molar refractivity (Wildman–Crippen MR) is 84.1 cm³/mol. The van der Waals surface area contributed by atoms with Crippen molar-refractivity contribution in [3.8, 4) is 0 Å². The molecule has 1 aromatic carbocycles. The van der Waals surface area contributed by atoms with E-state index >= 15 is 0 Å². The summed E-state index contributed by atoms with van der Waals surface area (Å²) < 4.78 is 23.2. The monoisotopic (exact) mass is 388 g/mol. The van der Waals surface area contributed by atoms with Gasteiger partial charge in [0.2, 0.25) is 0 Å². The summed E-state index contributed by atoms with van der Waals surface area (Å²) in [6, 6.07) is 6.06. The number of benzene rings is 1. The molecule has 0 fully saturated rings. The van der Waals surface area contributed by atoms with E-state index < -0.39 is 9.05 Å². The second-order valence-corrected chi connectivity index (χ2v) is 7.61. The average Bonchev–Trinajstić information content (AvgIpc) is 2.42. The van der Waals surface area contributed by atoms with E-state index in [4.69, 9.17) is 10.7 Å². The molecule has 1 N–H and O–H groups in total. The first-order chi connectivity index (χ1) is 9.79. The minimum Gasteiger partial charge on any atom is -0.321 e. The Morgan fingerprint density at radius 1 is 1.29 bits per heavy atom. The number of anilines is 1. The van der Waals surface area contributed by atoms with Gasteiger partial charge in [-0.2, -0.15) is 0 Å². The van der Waals surface area contributed by atoms with E-state index in [9.17, 15) is 13.2 Å². The Hall–Kier alpha value is -1.44. The topological polar surface area (TPSA) is 76.1 Å². The number of aryl methyl sites for hydroxylation is 1. The molecule has 5 nitrogen and oxygen atoms in total. The summed E-state index contributed by atoms with van der Waals surface area (Å²) in [6.07, 6.45) is 3.02. The van der Waals surface area contributed by atoms with Crippen LogP contribution in [-0.4, -0.2) is 19.3 Å². The highest BCUT2D eigenvalue weighted by Gasteiger charge is 2.17. The number of aromatic nitrogens is 1. The van der Waals surface area contributed by atoms with Crippen LogP contribution in [0.15, 0.2) is 46.0 Å². The zero-order chi connectivity index (χ0) is 15.6. The van der Waals surface area contributed by atoms with Crippen LogP contribution in [0.1, 0.15) is 15.9 Å². The number of pyridine rings is 1. The van der Waals surface area contributed by atoms with Crippen molar-refractivity contribution in [2.75, 3.05) is 5.32 Å². The van der Waals surface area contributed by atoms with Crippen LogP contribution in [0.5, 0.6) is 0 Å². The molecular formula is C13H10BrClN2O3S. The van der Waals surface area contributed by atoms with Crippen molar-refractivity contribution in [1.82, 2.24) is 4.98 Å². The lowest BCUT2D eigenvalue weighted by Gasteiger charge is -2.11. The number of amides is 1. The molecule has 21 heavy (non-hydrogen) atoms. The van der Waals surface area contributed by atoms with Gasteiger partial charge in [-0.3, -0.25) is 9.78 Å². The average molecular weight is 390 g/mol. The van der Waals surface area contributed by atoms with E-state index in [1.54, 1.807) is 25.1 Å². The Morgan fingerprint density at radius 3 is 2.48 bits per heavy atom. The highest BCUT2D eigenvalue weighted by atomic mass is 79.9. The fourth-order valence-electron chi connectivity index (χ4n) is 1.72. The first kappa shape index (κ1) is 15.9. The normalized spacial score (nSPS) is 11.2. The smallest absolute Gasteiger partial charge is 0.261 e. The fourth-order valence-corrected chi connectivity index (χ4v) is 3.51. The first-order valence-corrected chi connectivity index (χ1v) is 8.85. The van der Waals surface area contributed by atoms with Crippen molar-refractivity contribution < 1.29 is 13.2 Å². The van der Waals surface area contributed by atoms with E-state index in [-0.39, 0.29) is 10.8 Å². The zero-order valence-electron chi connectivity index (χ0n) is 10.8. The van der Waals surface area contributed by atoms with E-state index in [2.05, 4.69) is 26.2 Å². The number of carbonyl (C=O) groups excluding carboxylic acids is 1. The molecule has 1 amide bonds. The van der Waals surface area contributed by atoms with Gasteiger partial charge in [0.05, 0.1) is 10.6 Å². The van der Waals surface area contributed by atoms with Crippen LogP contribution >= 0.6 is 26.6 Å². The van der Waals surface area contributed by atoms with Crippen LogP contribution in [0, 0.1) is 6.92 Å². The highest BCUT2D eigenvalue weighted by molar-refractivity contribution is 9.10. The number of nitrogens with zero attached hydrogens (tertiary/aromatic N) is 1. The van der Waals surface area contributed by atoms with Gasteiger partial charge in [0, 0.05) is 33.1 Å². The van der Waals surface area contributed by atoms with Crippen LogP contribution in [0.3, 0.4) is 0 Å². The van der Waals surface area contributed by atoms with Gasteiger partial charge in [0.25, 0.3) is 15.0 Å². The van der Waals surface area contributed by atoms with Gasteiger partial charge in [-0.15, -0.1) is 0 Å². The third-order valence-corrected chi connectivity index (χ3v) is 4.84. The zero-order valence-corrected chi connectivity index (χ0v) is 14.0. The molecule has 0 unspecified atom stereocenters. The lowest BCUT2D eigenvalue weighted by Crippen LogP contribution is -2.12. The SMILES string of the molecule is Cc1cc(NC(=O)c2ccncc2)c(Br)cc1S(=O)(=O)Cl. The summed E-state index contributed by atoms with van der Waals surface area (Å²) in [4.78, 5) is 15.9. The van der Waals surface area contributed by atoms with Gasteiger partial charge < -0.3 is 5.32 Å². The molecule has 2 aromatic rings. The van der Waals surface area contributed by atoms with Gasteiger partial charge >= 0.3 is 0 Å². The maximum Gasteiger partial charge on any atom is 0.261 e. The first-order valence-electron chi connectivity index (χ1n) is 5.75. The molecule has 0 saturated heterocycles. The Labute approximate surface area is 134 Å². The van der Waals surface area contributed by atoms with E-state index in [1.165, 1.54) is 18.5 Å². The minimum atomic E-state index is -3.83. The van der Waals surface area contributed by atoms with Crippen LogP contribution in [0.25, 0.3) is 0 Å². The van der Waals surface area contributed by atoms with Gasteiger partial charge in [0.15, 0.2) is 0 Å². The van der Waals surface area contributed by atoms with Crippen molar-refractivity contribution in [2.45, 2.75) is 11.8 Å². The molecule has 2 rings (SSSR count). The molecule has 0 spiro atoms.